The van der Waals surface area contributed by atoms with Crippen molar-refractivity contribution in [2.75, 3.05) is 5.32 Å². The van der Waals surface area contributed by atoms with E-state index in [-0.39, 0.29) is 23.1 Å². The van der Waals surface area contributed by atoms with Crippen LogP contribution in [0.2, 0.25) is 0 Å². The monoisotopic (exact) mass is 220 g/mol. The van der Waals surface area contributed by atoms with Gasteiger partial charge in [-0.1, -0.05) is 13.8 Å². The van der Waals surface area contributed by atoms with E-state index < -0.39 is 5.82 Å². The number of benzene rings is 1. The van der Waals surface area contributed by atoms with Crippen LogP contribution in [0.5, 0.6) is 0 Å². The zero-order valence-corrected chi connectivity index (χ0v) is 9.25. The van der Waals surface area contributed by atoms with E-state index in [2.05, 4.69) is 5.32 Å². The molecule has 1 rings (SSSR count). The van der Waals surface area contributed by atoms with Gasteiger partial charge in [-0.3, -0.25) is 4.79 Å². The summed E-state index contributed by atoms with van der Waals surface area (Å²) in [6.45, 7) is 3.66. The van der Waals surface area contributed by atoms with E-state index in [1.54, 1.807) is 6.92 Å². The third kappa shape index (κ3) is 2.80. The molecule has 16 heavy (non-hydrogen) atoms. The zero-order valence-electron chi connectivity index (χ0n) is 9.25. The summed E-state index contributed by atoms with van der Waals surface area (Å²) in [7, 11) is 0. The van der Waals surface area contributed by atoms with E-state index in [4.69, 9.17) is 5.26 Å². The van der Waals surface area contributed by atoms with Gasteiger partial charge in [-0.2, -0.15) is 5.26 Å². The van der Waals surface area contributed by atoms with E-state index in [1.807, 2.05) is 13.0 Å². The molecule has 4 heteroatoms. The summed E-state index contributed by atoms with van der Waals surface area (Å²) in [4.78, 5) is 11.5. The van der Waals surface area contributed by atoms with Crippen LogP contribution in [0.3, 0.4) is 0 Å². The molecule has 0 aliphatic carbocycles. The predicted octanol–water partition coefficient (Wildman–Crippen LogP) is 2.68. The Hall–Kier alpha value is -1.89. The standard InChI is InChI=1S/C12H13FN2O/c1-3-8(2)12(16)15-11-5-4-9(7-14)6-10(11)13/h4-6,8H,3H2,1-2H3,(H,15,16). The Morgan fingerprint density at radius 2 is 2.31 bits per heavy atom. The maximum Gasteiger partial charge on any atom is 0.227 e. The minimum Gasteiger partial charge on any atom is -0.323 e. The van der Waals surface area contributed by atoms with Gasteiger partial charge in [0.25, 0.3) is 0 Å². The molecule has 0 aliphatic rings. The van der Waals surface area contributed by atoms with Gasteiger partial charge in [-0.05, 0) is 24.6 Å². The highest BCUT2D eigenvalue weighted by Gasteiger charge is 2.12. The summed E-state index contributed by atoms with van der Waals surface area (Å²) >= 11 is 0. The molecule has 1 atom stereocenters. The topological polar surface area (TPSA) is 52.9 Å². The van der Waals surface area contributed by atoms with Gasteiger partial charge in [-0.25, -0.2) is 4.39 Å². The smallest absolute Gasteiger partial charge is 0.227 e. The first-order valence-corrected chi connectivity index (χ1v) is 5.09. The van der Waals surface area contributed by atoms with Crippen LogP contribution in [0.4, 0.5) is 10.1 Å². The summed E-state index contributed by atoms with van der Waals surface area (Å²) in [6, 6.07) is 5.80. The van der Waals surface area contributed by atoms with Crippen LogP contribution in [0.1, 0.15) is 25.8 Å². The molecule has 1 amide bonds. The lowest BCUT2D eigenvalue weighted by atomic mass is 10.1. The predicted molar refractivity (Wildman–Crippen MR) is 59.2 cm³/mol. The van der Waals surface area contributed by atoms with Crippen LogP contribution in [-0.2, 0) is 4.79 Å². The van der Waals surface area contributed by atoms with Crippen LogP contribution < -0.4 is 5.32 Å². The molecule has 0 radical (unpaired) electrons. The van der Waals surface area contributed by atoms with E-state index in [0.29, 0.717) is 6.42 Å². The number of rotatable bonds is 3. The molecule has 0 aliphatic heterocycles. The van der Waals surface area contributed by atoms with Gasteiger partial charge in [-0.15, -0.1) is 0 Å². The Kier molecular flexibility index (Phi) is 4.01. The van der Waals surface area contributed by atoms with Crippen molar-refractivity contribution in [2.24, 2.45) is 5.92 Å². The van der Waals surface area contributed by atoms with Gasteiger partial charge < -0.3 is 5.32 Å². The Bertz CT molecular complexity index is 437. The first kappa shape index (κ1) is 12.2. The van der Waals surface area contributed by atoms with Crippen molar-refractivity contribution in [3.8, 4) is 6.07 Å². The second kappa shape index (κ2) is 5.26. The number of halogens is 1. The summed E-state index contributed by atoms with van der Waals surface area (Å²) in [5.41, 5.74) is 0.350. The molecule has 3 nitrogen and oxygen atoms in total. The van der Waals surface area contributed by atoms with Gasteiger partial charge >= 0.3 is 0 Å². The van der Waals surface area contributed by atoms with Crippen LogP contribution >= 0.6 is 0 Å². The molecule has 0 saturated heterocycles. The van der Waals surface area contributed by atoms with Crippen LogP contribution in [0, 0.1) is 23.1 Å². The summed E-state index contributed by atoms with van der Waals surface area (Å²) in [6.07, 6.45) is 0.698. The zero-order chi connectivity index (χ0) is 12.1. The Morgan fingerprint density at radius 3 is 2.81 bits per heavy atom. The lowest BCUT2D eigenvalue weighted by Crippen LogP contribution is -2.20. The molecule has 0 bridgehead atoms. The third-order valence-corrected chi connectivity index (χ3v) is 2.42. The van der Waals surface area contributed by atoms with Crippen molar-refractivity contribution in [2.45, 2.75) is 20.3 Å². The minimum absolute atomic E-state index is 0.115. The highest BCUT2D eigenvalue weighted by atomic mass is 19.1. The van der Waals surface area contributed by atoms with Gasteiger partial charge in [0.2, 0.25) is 5.91 Å². The van der Waals surface area contributed by atoms with Gasteiger partial charge in [0, 0.05) is 5.92 Å². The average molecular weight is 220 g/mol. The van der Waals surface area contributed by atoms with E-state index in [0.717, 1.165) is 6.07 Å². The lowest BCUT2D eigenvalue weighted by molar-refractivity contribution is -0.119. The Morgan fingerprint density at radius 1 is 1.62 bits per heavy atom. The van der Waals surface area contributed by atoms with Crippen molar-refractivity contribution in [1.29, 1.82) is 5.26 Å². The van der Waals surface area contributed by atoms with Crippen molar-refractivity contribution in [1.82, 2.24) is 0 Å². The maximum atomic E-state index is 13.4. The van der Waals surface area contributed by atoms with Crippen LogP contribution in [0.15, 0.2) is 18.2 Å². The fourth-order valence-electron chi connectivity index (χ4n) is 1.13. The molecule has 84 valence electrons. The van der Waals surface area contributed by atoms with Crippen molar-refractivity contribution < 1.29 is 9.18 Å². The molecule has 1 N–H and O–H groups in total. The molecular weight excluding hydrogens is 207 g/mol. The molecule has 1 unspecified atom stereocenters. The largest absolute Gasteiger partial charge is 0.323 e. The van der Waals surface area contributed by atoms with Crippen molar-refractivity contribution in [3.63, 3.8) is 0 Å². The number of hydrogen-bond donors (Lipinski definition) is 1. The Labute approximate surface area is 93.9 Å². The molecular formula is C12H13FN2O. The normalized spacial score (nSPS) is 11.6. The van der Waals surface area contributed by atoms with Gasteiger partial charge in [0.05, 0.1) is 17.3 Å². The number of carbonyl (C=O) groups excluding carboxylic acids is 1. The fourth-order valence-corrected chi connectivity index (χ4v) is 1.13. The average Bonchev–Trinajstić information content (AvgIpc) is 2.30. The molecule has 0 spiro atoms. The summed E-state index contributed by atoms with van der Waals surface area (Å²) < 4.78 is 13.4. The summed E-state index contributed by atoms with van der Waals surface area (Å²) in [5, 5.41) is 11.0. The molecule has 0 saturated carbocycles. The number of amides is 1. The van der Waals surface area contributed by atoms with E-state index in [1.165, 1.54) is 12.1 Å². The molecule has 0 fully saturated rings. The third-order valence-electron chi connectivity index (χ3n) is 2.42. The number of carbonyl (C=O) groups is 1. The maximum absolute atomic E-state index is 13.4. The van der Waals surface area contributed by atoms with E-state index >= 15 is 0 Å². The number of hydrogen-bond acceptors (Lipinski definition) is 2. The fraction of sp³-hybridized carbons (Fsp3) is 0.333. The highest BCUT2D eigenvalue weighted by molar-refractivity contribution is 5.92. The molecule has 1 aromatic carbocycles. The second-order valence-electron chi connectivity index (χ2n) is 3.60. The van der Waals surface area contributed by atoms with Crippen LogP contribution in [0.25, 0.3) is 0 Å². The molecule has 0 heterocycles. The lowest BCUT2D eigenvalue weighted by Gasteiger charge is -2.10. The Balaban J connectivity index is 2.83. The minimum atomic E-state index is -0.587. The quantitative estimate of drug-likeness (QED) is 0.851. The van der Waals surface area contributed by atoms with Crippen molar-refractivity contribution in [3.05, 3.63) is 29.6 Å². The first-order chi connectivity index (χ1) is 7.58. The summed E-state index contributed by atoms with van der Waals surface area (Å²) in [5.74, 6) is -0.961. The van der Waals surface area contributed by atoms with Gasteiger partial charge in [0.1, 0.15) is 5.82 Å². The SMILES string of the molecule is CCC(C)C(=O)Nc1ccc(C#N)cc1F. The molecule has 0 aromatic heterocycles. The number of nitrogens with zero attached hydrogens (tertiary/aromatic N) is 1. The van der Waals surface area contributed by atoms with Gasteiger partial charge in [0.15, 0.2) is 0 Å². The second-order valence-corrected chi connectivity index (χ2v) is 3.60. The number of nitriles is 1. The molecule has 1 aromatic rings. The number of anilines is 1. The number of nitrogens with one attached hydrogen (secondary N) is 1. The van der Waals surface area contributed by atoms with E-state index in [9.17, 15) is 9.18 Å². The highest BCUT2D eigenvalue weighted by Crippen LogP contribution is 2.16. The van der Waals surface area contributed by atoms with Crippen LogP contribution in [-0.4, -0.2) is 5.91 Å². The van der Waals surface area contributed by atoms with Crippen molar-refractivity contribution >= 4 is 11.6 Å². The first-order valence-electron chi connectivity index (χ1n) is 5.09.